The topological polar surface area (TPSA) is 65.6 Å². The monoisotopic (exact) mass is 457 g/mol. The van der Waals surface area contributed by atoms with E-state index < -0.39 is 0 Å². The van der Waals surface area contributed by atoms with Crippen molar-refractivity contribution in [3.05, 3.63) is 61.0 Å². The quantitative estimate of drug-likeness (QED) is 0.705. The molecule has 1 amide bonds. The summed E-state index contributed by atoms with van der Waals surface area (Å²) in [6.07, 6.45) is 3.09. The summed E-state index contributed by atoms with van der Waals surface area (Å²) in [5.41, 5.74) is 4.87. The molecule has 1 saturated heterocycles. The number of amides is 1. The van der Waals surface area contributed by atoms with E-state index in [0.29, 0.717) is 28.4 Å². The van der Waals surface area contributed by atoms with Gasteiger partial charge in [0.2, 0.25) is 0 Å². The minimum atomic E-state index is -0.140. The van der Waals surface area contributed by atoms with Crippen molar-refractivity contribution in [1.82, 2.24) is 14.8 Å². The maximum absolute atomic E-state index is 13.6. The fourth-order valence-electron chi connectivity index (χ4n) is 4.82. The maximum Gasteiger partial charge on any atom is 0.256 e. The lowest BCUT2D eigenvalue weighted by Gasteiger charge is -2.32. The average Bonchev–Trinajstić information content (AvgIpc) is 3.22. The number of aromatic nitrogens is 1. The SMILES string of the molecule is Cc1cc(C)c(CN2CCc3c(CN4CCCC4)cc(OC(C)C)c(Cl)c3C2=O)c(=O)[nH]1. The predicted octanol–water partition coefficient (Wildman–Crippen LogP) is 4.23. The van der Waals surface area contributed by atoms with Crippen LogP contribution in [-0.2, 0) is 19.5 Å². The third kappa shape index (κ3) is 4.57. The first-order valence-corrected chi connectivity index (χ1v) is 11.8. The molecule has 172 valence electrons. The minimum absolute atomic E-state index is 0.0475. The molecule has 3 heterocycles. The molecule has 2 aliphatic heterocycles. The summed E-state index contributed by atoms with van der Waals surface area (Å²) in [4.78, 5) is 33.2. The molecule has 4 rings (SSSR count). The fourth-order valence-corrected chi connectivity index (χ4v) is 5.12. The third-order valence-electron chi connectivity index (χ3n) is 6.36. The van der Waals surface area contributed by atoms with Crippen LogP contribution in [0.15, 0.2) is 16.9 Å². The molecular formula is C25H32ClN3O3. The number of carbonyl (C=O) groups excluding carboxylic acids is 1. The number of aromatic amines is 1. The molecule has 32 heavy (non-hydrogen) atoms. The molecule has 2 aliphatic rings. The van der Waals surface area contributed by atoms with E-state index in [4.69, 9.17) is 16.3 Å². The third-order valence-corrected chi connectivity index (χ3v) is 6.74. The molecule has 7 heteroatoms. The molecule has 6 nitrogen and oxygen atoms in total. The van der Waals surface area contributed by atoms with Crippen molar-refractivity contribution in [2.24, 2.45) is 0 Å². The van der Waals surface area contributed by atoms with Crippen LogP contribution in [0, 0.1) is 13.8 Å². The Kier molecular flexibility index (Phi) is 6.63. The lowest BCUT2D eigenvalue weighted by Crippen LogP contribution is -2.39. The van der Waals surface area contributed by atoms with E-state index in [2.05, 4.69) is 9.88 Å². The predicted molar refractivity (Wildman–Crippen MR) is 127 cm³/mol. The maximum atomic E-state index is 13.6. The molecule has 0 bridgehead atoms. The van der Waals surface area contributed by atoms with Crippen LogP contribution in [0.5, 0.6) is 5.75 Å². The van der Waals surface area contributed by atoms with Crippen LogP contribution in [0.3, 0.4) is 0 Å². The number of ether oxygens (including phenoxy) is 1. The number of hydrogen-bond acceptors (Lipinski definition) is 4. The molecule has 1 aromatic carbocycles. The van der Waals surface area contributed by atoms with Crippen molar-refractivity contribution in [3.8, 4) is 5.75 Å². The van der Waals surface area contributed by atoms with Crippen LogP contribution in [0.2, 0.25) is 5.02 Å². The van der Waals surface area contributed by atoms with Crippen molar-refractivity contribution in [3.63, 3.8) is 0 Å². The van der Waals surface area contributed by atoms with Gasteiger partial charge in [0.25, 0.3) is 11.5 Å². The van der Waals surface area contributed by atoms with E-state index in [1.54, 1.807) is 4.90 Å². The van der Waals surface area contributed by atoms with Gasteiger partial charge < -0.3 is 14.6 Å². The van der Waals surface area contributed by atoms with E-state index in [-0.39, 0.29) is 24.1 Å². The van der Waals surface area contributed by atoms with Gasteiger partial charge >= 0.3 is 0 Å². The Morgan fingerprint density at radius 2 is 1.81 bits per heavy atom. The lowest BCUT2D eigenvalue weighted by atomic mass is 9.92. The van der Waals surface area contributed by atoms with Crippen LogP contribution in [0.1, 0.15) is 65.0 Å². The Hall–Kier alpha value is -2.31. The van der Waals surface area contributed by atoms with Gasteiger partial charge in [-0.05, 0) is 88.9 Å². The second-order valence-corrected chi connectivity index (χ2v) is 9.65. The zero-order chi connectivity index (χ0) is 23.0. The fraction of sp³-hybridized carbons (Fsp3) is 0.520. The first-order valence-electron chi connectivity index (χ1n) is 11.5. The van der Waals surface area contributed by atoms with Crippen LogP contribution in [0.4, 0.5) is 0 Å². The Morgan fingerprint density at radius 3 is 2.47 bits per heavy atom. The van der Waals surface area contributed by atoms with E-state index in [1.807, 2.05) is 39.8 Å². The van der Waals surface area contributed by atoms with E-state index in [9.17, 15) is 9.59 Å². The number of hydrogen-bond donors (Lipinski definition) is 1. The van der Waals surface area contributed by atoms with E-state index in [0.717, 1.165) is 48.4 Å². The van der Waals surface area contributed by atoms with Gasteiger partial charge in [0.05, 0.1) is 23.2 Å². The highest BCUT2D eigenvalue weighted by Crippen LogP contribution is 2.38. The van der Waals surface area contributed by atoms with E-state index in [1.165, 1.54) is 12.8 Å². The highest BCUT2D eigenvalue weighted by Gasteiger charge is 2.32. The molecule has 0 unspecified atom stereocenters. The number of carbonyl (C=O) groups is 1. The molecule has 1 fully saturated rings. The van der Waals surface area contributed by atoms with Crippen molar-refractivity contribution < 1.29 is 9.53 Å². The number of H-pyrrole nitrogens is 1. The van der Waals surface area contributed by atoms with Crippen LogP contribution in [-0.4, -0.2) is 46.4 Å². The van der Waals surface area contributed by atoms with Crippen LogP contribution in [0.25, 0.3) is 0 Å². The van der Waals surface area contributed by atoms with Gasteiger partial charge in [0.15, 0.2) is 0 Å². The van der Waals surface area contributed by atoms with Gasteiger partial charge in [0.1, 0.15) is 5.75 Å². The average molecular weight is 458 g/mol. The smallest absolute Gasteiger partial charge is 0.256 e. The van der Waals surface area contributed by atoms with Crippen LogP contribution < -0.4 is 10.3 Å². The first-order chi connectivity index (χ1) is 15.2. The number of benzene rings is 1. The van der Waals surface area contributed by atoms with Crippen molar-refractivity contribution >= 4 is 17.5 Å². The molecule has 0 radical (unpaired) electrons. The van der Waals surface area contributed by atoms with Gasteiger partial charge in [-0.3, -0.25) is 14.5 Å². The number of nitrogens with one attached hydrogen (secondary N) is 1. The zero-order valence-corrected chi connectivity index (χ0v) is 20.1. The Bertz CT molecular complexity index is 1090. The van der Waals surface area contributed by atoms with Gasteiger partial charge in [-0.15, -0.1) is 0 Å². The summed E-state index contributed by atoms with van der Waals surface area (Å²) in [7, 11) is 0. The summed E-state index contributed by atoms with van der Waals surface area (Å²) in [5, 5.41) is 0.378. The normalized spacial score (nSPS) is 16.7. The number of aryl methyl sites for hydroxylation is 2. The summed E-state index contributed by atoms with van der Waals surface area (Å²) >= 11 is 6.75. The number of likely N-dealkylation sites (tertiary alicyclic amines) is 1. The van der Waals surface area contributed by atoms with Crippen LogP contribution >= 0.6 is 11.6 Å². The molecular weight excluding hydrogens is 426 g/mol. The van der Waals surface area contributed by atoms with Crippen molar-refractivity contribution in [2.75, 3.05) is 19.6 Å². The number of pyridine rings is 1. The lowest BCUT2D eigenvalue weighted by molar-refractivity contribution is 0.0724. The Morgan fingerprint density at radius 1 is 1.09 bits per heavy atom. The molecule has 0 saturated carbocycles. The number of rotatable bonds is 6. The largest absolute Gasteiger partial charge is 0.489 e. The number of nitrogens with zero attached hydrogens (tertiary/aromatic N) is 2. The molecule has 1 N–H and O–H groups in total. The summed E-state index contributed by atoms with van der Waals surface area (Å²) in [6, 6.07) is 3.96. The number of halogens is 1. The molecule has 1 aromatic heterocycles. The van der Waals surface area contributed by atoms with Gasteiger partial charge in [-0.25, -0.2) is 0 Å². The summed E-state index contributed by atoms with van der Waals surface area (Å²) in [6.45, 7) is 11.5. The molecule has 0 atom stereocenters. The molecule has 0 spiro atoms. The van der Waals surface area contributed by atoms with Crippen molar-refractivity contribution in [1.29, 1.82) is 0 Å². The highest BCUT2D eigenvalue weighted by molar-refractivity contribution is 6.35. The van der Waals surface area contributed by atoms with Gasteiger partial charge in [0, 0.05) is 24.3 Å². The second-order valence-electron chi connectivity index (χ2n) is 9.27. The van der Waals surface area contributed by atoms with Gasteiger partial charge in [-0.2, -0.15) is 0 Å². The standard InChI is InChI=1S/C25H32ClN3O3/c1-15(2)32-21-12-18(13-28-8-5-6-9-28)19-7-10-29(25(31)22(19)23(21)26)14-20-16(3)11-17(4)27-24(20)30/h11-12,15H,5-10,13-14H2,1-4H3,(H,27,30). The first kappa shape index (κ1) is 22.9. The summed E-state index contributed by atoms with van der Waals surface area (Å²) < 4.78 is 5.99. The highest BCUT2D eigenvalue weighted by atomic mass is 35.5. The number of fused-ring (bicyclic) bond motifs is 1. The molecule has 0 aliphatic carbocycles. The second kappa shape index (κ2) is 9.28. The minimum Gasteiger partial charge on any atom is -0.489 e. The summed E-state index contributed by atoms with van der Waals surface area (Å²) in [5.74, 6) is 0.432. The van der Waals surface area contributed by atoms with E-state index >= 15 is 0 Å². The Balaban J connectivity index is 1.71. The van der Waals surface area contributed by atoms with Crippen molar-refractivity contribution in [2.45, 2.75) is 66.2 Å². The van der Waals surface area contributed by atoms with Gasteiger partial charge in [-0.1, -0.05) is 11.6 Å². The Labute approximate surface area is 194 Å². The molecule has 2 aromatic rings. The zero-order valence-electron chi connectivity index (χ0n) is 19.4.